The summed E-state index contributed by atoms with van der Waals surface area (Å²) in [7, 11) is 0. The van der Waals surface area contributed by atoms with E-state index in [0.29, 0.717) is 12.3 Å². The van der Waals surface area contributed by atoms with Gasteiger partial charge in [0, 0.05) is 12.5 Å². The van der Waals surface area contributed by atoms with E-state index in [0.717, 1.165) is 18.5 Å². The topological polar surface area (TPSA) is 12.0 Å². The average molecular weight is 301 g/mol. The van der Waals surface area contributed by atoms with Crippen molar-refractivity contribution in [1.29, 1.82) is 0 Å². The van der Waals surface area contributed by atoms with E-state index in [1.165, 1.54) is 5.56 Å². The molecule has 120 valence electrons. The summed E-state index contributed by atoms with van der Waals surface area (Å²) in [5.74, 6) is 0.464. The number of benzene rings is 1. The first kappa shape index (κ1) is 18.0. The van der Waals surface area contributed by atoms with E-state index >= 15 is 0 Å². The highest BCUT2D eigenvalue weighted by molar-refractivity contribution is 5.26. The molecule has 1 aromatic carbocycles. The van der Waals surface area contributed by atoms with Crippen molar-refractivity contribution in [3.63, 3.8) is 0 Å². The Bertz CT molecular complexity index is 395. The fraction of sp³-hybridized carbons (Fsp3) is 0.647. The Morgan fingerprint density at radius 3 is 2.10 bits per heavy atom. The molecule has 0 amide bonds. The van der Waals surface area contributed by atoms with Crippen molar-refractivity contribution in [2.75, 3.05) is 6.54 Å². The van der Waals surface area contributed by atoms with Crippen LogP contribution in [0.5, 0.6) is 0 Å². The molecule has 0 spiro atoms. The summed E-state index contributed by atoms with van der Waals surface area (Å²) >= 11 is 0. The number of nitrogens with one attached hydrogen (secondary N) is 1. The molecule has 0 heterocycles. The van der Waals surface area contributed by atoms with E-state index < -0.39 is 12.6 Å². The Kier molecular flexibility index (Phi) is 7.23. The van der Waals surface area contributed by atoms with Crippen LogP contribution in [0.4, 0.5) is 13.2 Å². The molecule has 0 fully saturated rings. The van der Waals surface area contributed by atoms with E-state index in [9.17, 15) is 13.2 Å². The molecule has 1 aromatic rings. The maximum Gasteiger partial charge on any atom is 0.389 e. The highest BCUT2D eigenvalue weighted by atomic mass is 19.4. The number of rotatable bonds is 8. The van der Waals surface area contributed by atoms with Crippen molar-refractivity contribution >= 4 is 0 Å². The molecule has 0 saturated carbocycles. The van der Waals surface area contributed by atoms with Gasteiger partial charge in [-0.2, -0.15) is 13.2 Å². The summed E-state index contributed by atoms with van der Waals surface area (Å²) in [6.45, 7) is 7.14. The lowest BCUT2D eigenvalue weighted by atomic mass is 9.96. The SMILES string of the molecule is CCCNC(CCCC(F)(F)F)c1ccc(C(C)C)cc1. The first-order valence-corrected chi connectivity index (χ1v) is 7.73. The summed E-state index contributed by atoms with van der Waals surface area (Å²) in [5.41, 5.74) is 2.33. The van der Waals surface area contributed by atoms with Crippen LogP contribution in [0.25, 0.3) is 0 Å². The third kappa shape index (κ3) is 6.98. The largest absolute Gasteiger partial charge is 0.389 e. The van der Waals surface area contributed by atoms with Crippen molar-refractivity contribution in [2.24, 2.45) is 0 Å². The summed E-state index contributed by atoms with van der Waals surface area (Å²) in [4.78, 5) is 0. The Balaban J connectivity index is 2.67. The molecular formula is C17H26F3N. The molecule has 0 aliphatic rings. The monoisotopic (exact) mass is 301 g/mol. The molecular weight excluding hydrogens is 275 g/mol. The van der Waals surface area contributed by atoms with Crippen LogP contribution in [-0.2, 0) is 0 Å². The van der Waals surface area contributed by atoms with Gasteiger partial charge < -0.3 is 5.32 Å². The van der Waals surface area contributed by atoms with Crippen molar-refractivity contribution in [3.05, 3.63) is 35.4 Å². The highest BCUT2D eigenvalue weighted by Crippen LogP contribution is 2.27. The number of hydrogen-bond acceptors (Lipinski definition) is 1. The van der Waals surface area contributed by atoms with Gasteiger partial charge in [0.1, 0.15) is 0 Å². The molecule has 0 saturated heterocycles. The van der Waals surface area contributed by atoms with E-state index in [2.05, 4.69) is 38.2 Å². The average Bonchev–Trinajstić information content (AvgIpc) is 2.41. The third-order valence-electron chi connectivity index (χ3n) is 3.60. The molecule has 1 nitrogen and oxygen atoms in total. The number of halogens is 3. The molecule has 1 rings (SSSR count). The van der Waals surface area contributed by atoms with Crippen LogP contribution in [0.2, 0.25) is 0 Å². The highest BCUT2D eigenvalue weighted by Gasteiger charge is 2.26. The normalized spacial score (nSPS) is 13.7. The van der Waals surface area contributed by atoms with Gasteiger partial charge in [-0.15, -0.1) is 0 Å². The van der Waals surface area contributed by atoms with Gasteiger partial charge in [-0.1, -0.05) is 45.0 Å². The zero-order chi connectivity index (χ0) is 15.9. The Hall–Kier alpha value is -1.03. The molecule has 0 aromatic heterocycles. The Morgan fingerprint density at radius 2 is 1.62 bits per heavy atom. The zero-order valence-electron chi connectivity index (χ0n) is 13.1. The van der Waals surface area contributed by atoms with Crippen LogP contribution in [0, 0.1) is 0 Å². The van der Waals surface area contributed by atoms with Gasteiger partial charge in [-0.3, -0.25) is 0 Å². The van der Waals surface area contributed by atoms with Gasteiger partial charge >= 0.3 is 6.18 Å². The second kappa shape index (κ2) is 8.42. The van der Waals surface area contributed by atoms with Crippen LogP contribution in [0.15, 0.2) is 24.3 Å². The van der Waals surface area contributed by atoms with E-state index in [-0.39, 0.29) is 12.5 Å². The number of hydrogen-bond donors (Lipinski definition) is 1. The predicted octanol–water partition coefficient (Wildman–Crippen LogP) is 5.58. The molecule has 0 aliphatic carbocycles. The minimum Gasteiger partial charge on any atom is -0.310 e. The van der Waals surface area contributed by atoms with Crippen molar-refractivity contribution in [3.8, 4) is 0 Å². The first-order valence-electron chi connectivity index (χ1n) is 7.73. The minimum atomic E-state index is -4.06. The summed E-state index contributed by atoms with van der Waals surface area (Å²) < 4.78 is 36.8. The zero-order valence-corrected chi connectivity index (χ0v) is 13.1. The lowest BCUT2D eigenvalue weighted by Crippen LogP contribution is -2.22. The lowest BCUT2D eigenvalue weighted by Gasteiger charge is -2.20. The Labute approximate surface area is 125 Å². The quantitative estimate of drug-likeness (QED) is 0.660. The minimum absolute atomic E-state index is 0.00788. The molecule has 0 aliphatic heterocycles. The van der Waals surface area contributed by atoms with Gasteiger partial charge in [0.15, 0.2) is 0 Å². The van der Waals surface area contributed by atoms with E-state index in [1.54, 1.807) is 0 Å². The summed E-state index contributed by atoms with van der Waals surface area (Å²) in [6.07, 6.45) is -3.12. The molecule has 1 unspecified atom stereocenters. The van der Waals surface area contributed by atoms with Crippen LogP contribution in [-0.4, -0.2) is 12.7 Å². The van der Waals surface area contributed by atoms with Crippen molar-refractivity contribution in [2.45, 2.75) is 64.6 Å². The van der Waals surface area contributed by atoms with Crippen LogP contribution < -0.4 is 5.32 Å². The maximum absolute atomic E-state index is 12.3. The van der Waals surface area contributed by atoms with Crippen molar-refractivity contribution in [1.82, 2.24) is 5.32 Å². The predicted molar refractivity (Wildman–Crippen MR) is 81.5 cm³/mol. The van der Waals surface area contributed by atoms with Crippen LogP contribution >= 0.6 is 0 Å². The molecule has 0 radical (unpaired) electrons. The summed E-state index contributed by atoms with van der Waals surface area (Å²) in [6, 6.07) is 8.23. The van der Waals surface area contributed by atoms with Gasteiger partial charge in [-0.05, 0) is 42.9 Å². The van der Waals surface area contributed by atoms with Crippen LogP contribution in [0.1, 0.15) is 69.5 Å². The fourth-order valence-electron chi connectivity index (χ4n) is 2.32. The van der Waals surface area contributed by atoms with Crippen LogP contribution in [0.3, 0.4) is 0 Å². The van der Waals surface area contributed by atoms with E-state index in [1.807, 2.05) is 12.1 Å². The van der Waals surface area contributed by atoms with Gasteiger partial charge in [0.25, 0.3) is 0 Å². The van der Waals surface area contributed by atoms with Gasteiger partial charge in [0.2, 0.25) is 0 Å². The second-order valence-electron chi connectivity index (χ2n) is 5.84. The molecule has 0 bridgehead atoms. The standard InChI is InChI=1S/C17H26F3N/c1-4-12-21-16(6-5-11-17(18,19)20)15-9-7-14(8-10-15)13(2)3/h7-10,13,16,21H,4-6,11-12H2,1-3H3. The number of alkyl halides is 3. The third-order valence-corrected chi connectivity index (χ3v) is 3.60. The molecule has 4 heteroatoms. The van der Waals surface area contributed by atoms with Gasteiger partial charge in [0.05, 0.1) is 0 Å². The molecule has 1 atom stereocenters. The Morgan fingerprint density at radius 1 is 1.05 bits per heavy atom. The fourth-order valence-corrected chi connectivity index (χ4v) is 2.32. The van der Waals surface area contributed by atoms with Gasteiger partial charge in [-0.25, -0.2) is 0 Å². The smallest absolute Gasteiger partial charge is 0.310 e. The lowest BCUT2D eigenvalue weighted by molar-refractivity contribution is -0.135. The summed E-state index contributed by atoms with van der Waals surface area (Å²) in [5, 5.41) is 3.35. The van der Waals surface area contributed by atoms with Crippen molar-refractivity contribution < 1.29 is 13.2 Å². The molecule has 1 N–H and O–H groups in total. The molecule has 21 heavy (non-hydrogen) atoms. The van der Waals surface area contributed by atoms with E-state index in [4.69, 9.17) is 0 Å². The second-order valence-corrected chi connectivity index (χ2v) is 5.84. The maximum atomic E-state index is 12.3. The first-order chi connectivity index (χ1) is 9.83.